The van der Waals surface area contributed by atoms with Gasteiger partial charge < -0.3 is 9.64 Å². The second-order valence-electron chi connectivity index (χ2n) is 8.12. The highest BCUT2D eigenvalue weighted by molar-refractivity contribution is 5.88. The van der Waals surface area contributed by atoms with Crippen molar-refractivity contribution in [1.82, 2.24) is 9.78 Å². The Morgan fingerprint density at radius 2 is 1.60 bits per heavy atom. The number of aliphatic imine (C=N–C) groups is 1. The zero-order valence-corrected chi connectivity index (χ0v) is 18.9. The first-order valence-electron chi connectivity index (χ1n) is 11.2. The van der Waals surface area contributed by atoms with Crippen molar-refractivity contribution in [3.63, 3.8) is 0 Å². The van der Waals surface area contributed by atoms with Crippen molar-refractivity contribution in [2.24, 2.45) is 4.99 Å². The largest absolute Gasteiger partial charge is 0.370 e. The fraction of sp³-hybridized carbons (Fsp3) is 0.304. The molecule has 0 atom stereocenters. The van der Waals surface area contributed by atoms with Crippen LogP contribution in [0.5, 0.6) is 0 Å². The van der Waals surface area contributed by atoms with Crippen molar-refractivity contribution in [2.75, 3.05) is 39.4 Å². The maximum atomic E-state index is 13.2. The van der Waals surface area contributed by atoms with Gasteiger partial charge in [-0.2, -0.15) is 0 Å². The van der Waals surface area contributed by atoms with Crippen LogP contribution in [0.3, 0.4) is 0 Å². The van der Waals surface area contributed by atoms with Crippen molar-refractivity contribution < 1.29 is 19.5 Å². The molecule has 1 aliphatic rings. The van der Waals surface area contributed by atoms with E-state index in [1.54, 1.807) is 12.1 Å². The van der Waals surface area contributed by atoms with Gasteiger partial charge in [0.15, 0.2) is 0 Å². The minimum atomic E-state index is -0.514. The Kier molecular flexibility index (Phi) is 7.43. The smallest absolute Gasteiger partial charge is 0.280 e. The molecule has 0 radical (unpaired) electrons. The number of hydrogen-bond acceptors (Lipinski definition) is 7. The lowest BCUT2D eigenvalue weighted by atomic mass is 10.1. The lowest BCUT2D eigenvalue weighted by Crippen LogP contribution is -3.14. The highest BCUT2D eigenvalue weighted by Gasteiger charge is 2.18. The summed E-state index contributed by atoms with van der Waals surface area (Å²) < 4.78 is 6.65. The fourth-order valence-corrected chi connectivity index (χ4v) is 3.93. The number of nitrogens with zero attached hydrogens (tertiary/aromatic N) is 4. The Bertz CT molecular complexity index is 1270. The van der Waals surface area contributed by atoms with E-state index in [9.17, 15) is 25.0 Å². The number of nitro benzene ring substituents is 2. The van der Waals surface area contributed by atoms with Crippen molar-refractivity contribution in [3.05, 3.63) is 84.7 Å². The summed E-state index contributed by atoms with van der Waals surface area (Å²) in [6.45, 7) is 5.01. The second-order valence-corrected chi connectivity index (χ2v) is 8.12. The van der Waals surface area contributed by atoms with Crippen LogP contribution in [0.4, 0.5) is 11.4 Å². The van der Waals surface area contributed by atoms with Gasteiger partial charge in [-0.15, -0.1) is 0 Å². The number of ether oxygens (including phenoxy) is 1. The van der Waals surface area contributed by atoms with Crippen molar-refractivity contribution in [3.8, 4) is 16.9 Å². The molecular weight excluding hydrogens is 456 g/mol. The lowest BCUT2D eigenvalue weighted by molar-refractivity contribution is -0.908. The zero-order chi connectivity index (χ0) is 24.8. The van der Waals surface area contributed by atoms with Gasteiger partial charge in [0.05, 0.1) is 46.5 Å². The maximum Gasteiger partial charge on any atom is 0.280 e. The third-order valence-corrected chi connectivity index (χ3v) is 5.85. The maximum absolute atomic E-state index is 13.2. The number of rotatable bonds is 9. The van der Waals surface area contributed by atoms with Gasteiger partial charge in [0, 0.05) is 49.0 Å². The SMILES string of the molecule is O=c1c(C=NCCC[NH+]2CCOCC2)c(-c2ccc([N+](=O)[O-])cc2)[nH]n1-c1ccc([N+](=O)[O-])cc1. The summed E-state index contributed by atoms with van der Waals surface area (Å²) in [6, 6.07) is 11.4. The molecule has 4 rings (SSSR count). The standard InChI is InChI=1S/C23H24N6O6/c30-23-21(16-24-10-1-11-26-12-14-35-15-13-26)22(17-2-4-19(5-3-17)28(31)32)25-27(23)18-6-8-20(9-7-18)29(33)34/h2-9,16,25H,1,10-15H2/p+1. The van der Waals surface area contributed by atoms with Crippen LogP contribution in [-0.2, 0) is 4.74 Å². The molecule has 182 valence electrons. The van der Waals surface area contributed by atoms with Gasteiger partial charge in [-0.05, 0) is 24.3 Å². The molecule has 0 unspecified atom stereocenters. The lowest BCUT2D eigenvalue weighted by Gasteiger charge is -2.23. The Morgan fingerprint density at radius 3 is 2.20 bits per heavy atom. The van der Waals surface area contributed by atoms with Crippen LogP contribution in [0.2, 0.25) is 0 Å². The molecule has 0 aliphatic carbocycles. The van der Waals surface area contributed by atoms with E-state index in [-0.39, 0.29) is 16.9 Å². The molecule has 1 fully saturated rings. The number of H-pyrrole nitrogens is 1. The number of nitro groups is 2. The Morgan fingerprint density at radius 1 is 1.00 bits per heavy atom. The highest BCUT2D eigenvalue weighted by Crippen LogP contribution is 2.23. The first-order valence-corrected chi connectivity index (χ1v) is 11.2. The van der Waals surface area contributed by atoms with Gasteiger partial charge in [0.2, 0.25) is 0 Å². The van der Waals surface area contributed by atoms with E-state index in [0.717, 1.165) is 39.3 Å². The number of quaternary nitrogens is 1. The van der Waals surface area contributed by atoms with Crippen LogP contribution >= 0.6 is 0 Å². The number of aromatic amines is 1. The van der Waals surface area contributed by atoms with Gasteiger partial charge in [-0.3, -0.25) is 35.1 Å². The molecule has 2 aromatic carbocycles. The molecule has 2 heterocycles. The van der Waals surface area contributed by atoms with Crippen LogP contribution < -0.4 is 10.5 Å². The summed E-state index contributed by atoms with van der Waals surface area (Å²) in [5.41, 5.74) is 1.21. The number of aromatic nitrogens is 2. The number of non-ortho nitro benzene ring substituents is 2. The third kappa shape index (κ3) is 5.67. The molecule has 35 heavy (non-hydrogen) atoms. The van der Waals surface area contributed by atoms with Gasteiger partial charge in [-0.25, -0.2) is 4.68 Å². The quantitative estimate of drug-likeness (QED) is 0.204. The van der Waals surface area contributed by atoms with Gasteiger partial charge in [0.25, 0.3) is 16.9 Å². The summed E-state index contributed by atoms with van der Waals surface area (Å²) in [5, 5.41) is 25.0. The van der Waals surface area contributed by atoms with E-state index < -0.39 is 9.85 Å². The Labute approximate surface area is 199 Å². The summed E-state index contributed by atoms with van der Waals surface area (Å²) in [7, 11) is 0. The molecule has 0 amide bonds. The van der Waals surface area contributed by atoms with Crippen molar-refractivity contribution in [1.29, 1.82) is 0 Å². The average molecular weight is 481 g/mol. The second kappa shape index (κ2) is 10.8. The van der Waals surface area contributed by atoms with E-state index in [1.165, 1.54) is 52.2 Å². The van der Waals surface area contributed by atoms with Crippen molar-refractivity contribution in [2.45, 2.75) is 6.42 Å². The molecular formula is C23H25N6O6+. The molecule has 0 bridgehead atoms. The molecule has 0 spiro atoms. The molecule has 3 aromatic rings. The highest BCUT2D eigenvalue weighted by atomic mass is 16.6. The van der Waals surface area contributed by atoms with E-state index in [2.05, 4.69) is 10.1 Å². The predicted molar refractivity (Wildman–Crippen MR) is 129 cm³/mol. The van der Waals surface area contributed by atoms with Gasteiger partial charge >= 0.3 is 0 Å². The molecule has 12 heteroatoms. The number of hydrogen-bond donors (Lipinski definition) is 2. The van der Waals surface area contributed by atoms with Crippen LogP contribution in [-0.4, -0.2) is 65.2 Å². The van der Waals surface area contributed by atoms with E-state index in [4.69, 9.17) is 4.74 Å². The molecule has 1 saturated heterocycles. The monoisotopic (exact) mass is 481 g/mol. The van der Waals surface area contributed by atoms with Crippen LogP contribution in [0.15, 0.2) is 58.3 Å². The van der Waals surface area contributed by atoms with E-state index >= 15 is 0 Å². The molecule has 2 N–H and O–H groups in total. The molecule has 12 nitrogen and oxygen atoms in total. The van der Waals surface area contributed by atoms with Gasteiger partial charge in [0.1, 0.15) is 13.1 Å². The summed E-state index contributed by atoms with van der Waals surface area (Å²) >= 11 is 0. The zero-order valence-electron chi connectivity index (χ0n) is 18.9. The predicted octanol–water partition coefficient (Wildman–Crippen LogP) is 1.37. The molecule has 0 saturated carbocycles. The van der Waals surface area contributed by atoms with Crippen LogP contribution in [0.25, 0.3) is 16.9 Å². The summed E-state index contributed by atoms with van der Waals surface area (Å²) in [5.74, 6) is 0. The van der Waals surface area contributed by atoms with Crippen molar-refractivity contribution >= 4 is 17.6 Å². The number of benzene rings is 2. The minimum absolute atomic E-state index is 0.0632. The topological polar surface area (TPSA) is 150 Å². The van der Waals surface area contributed by atoms with Gasteiger partial charge in [-0.1, -0.05) is 0 Å². The normalized spacial score (nSPS) is 14.4. The average Bonchev–Trinajstić information content (AvgIpc) is 3.20. The van der Waals surface area contributed by atoms with E-state index in [1.807, 2.05) is 0 Å². The Balaban J connectivity index is 1.61. The minimum Gasteiger partial charge on any atom is -0.370 e. The van der Waals surface area contributed by atoms with Crippen LogP contribution in [0, 0.1) is 20.2 Å². The first-order chi connectivity index (χ1) is 16.9. The van der Waals surface area contributed by atoms with Crippen LogP contribution in [0.1, 0.15) is 12.0 Å². The first kappa shape index (κ1) is 24.0. The fourth-order valence-electron chi connectivity index (χ4n) is 3.93. The third-order valence-electron chi connectivity index (χ3n) is 5.85. The number of nitrogens with one attached hydrogen (secondary N) is 2. The van der Waals surface area contributed by atoms with E-state index in [0.29, 0.717) is 29.1 Å². The Hall–Kier alpha value is -4.16. The summed E-state index contributed by atoms with van der Waals surface area (Å²) in [4.78, 5) is 40.2. The molecule has 1 aromatic heterocycles. The number of morpholine rings is 1. The summed E-state index contributed by atoms with van der Waals surface area (Å²) in [6.07, 6.45) is 2.38. The molecule has 1 aliphatic heterocycles.